The van der Waals surface area contributed by atoms with E-state index in [0.29, 0.717) is 11.4 Å². The number of hydrogen-bond acceptors (Lipinski definition) is 4. The smallest absolute Gasteiger partial charge is 0.261 e. The summed E-state index contributed by atoms with van der Waals surface area (Å²) in [5.41, 5.74) is 2.01. The number of thiophene rings is 1. The molecule has 0 radical (unpaired) electrons. The Labute approximate surface area is 141 Å². The first-order chi connectivity index (χ1) is 10.9. The van der Waals surface area contributed by atoms with E-state index >= 15 is 0 Å². The maximum atomic E-state index is 12.0. The number of carbonyl (C=O) groups excluding carboxylic acids is 1. The summed E-state index contributed by atoms with van der Waals surface area (Å²) in [4.78, 5) is 12.5. The van der Waals surface area contributed by atoms with E-state index in [-0.39, 0.29) is 19.0 Å². The second kappa shape index (κ2) is 7.72. The van der Waals surface area contributed by atoms with Gasteiger partial charge in [-0.1, -0.05) is 30.3 Å². The Balaban J connectivity index is 1.97. The van der Waals surface area contributed by atoms with E-state index in [1.54, 1.807) is 12.1 Å². The third kappa shape index (κ3) is 5.16. The van der Waals surface area contributed by atoms with E-state index in [0.717, 1.165) is 11.1 Å². The lowest BCUT2D eigenvalue weighted by Crippen LogP contribution is -2.37. The molecule has 2 aromatic rings. The van der Waals surface area contributed by atoms with Crippen LogP contribution in [0.25, 0.3) is 0 Å². The molecule has 0 fully saturated rings. The van der Waals surface area contributed by atoms with Crippen LogP contribution in [-0.4, -0.2) is 38.0 Å². The van der Waals surface area contributed by atoms with Crippen LogP contribution >= 0.6 is 11.3 Å². The summed E-state index contributed by atoms with van der Waals surface area (Å²) < 4.78 is 25.3. The normalized spacial score (nSPS) is 11.6. The second-order valence-corrected chi connectivity index (χ2v) is 8.19. The fraction of sp³-hybridized carbons (Fsp3) is 0.312. The summed E-state index contributed by atoms with van der Waals surface area (Å²) in [6, 6.07) is 11.2. The Morgan fingerprint density at radius 2 is 1.96 bits per heavy atom. The third-order valence-corrected chi connectivity index (χ3v) is 5.59. The molecule has 2 rings (SSSR count). The van der Waals surface area contributed by atoms with Gasteiger partial charge in [0.25, 0.3) is 5.91 Å². The molecule has 1 N–H and O–H groups in total. The molecular formula is C16H20N2O3S2. The zero-order valence-corrected chi connectivity index (χ0v) is 14.8. The van der Waals surface area contributed by atoms with Crippen molar-refractivity contribution in [2.24, 2.45) is 0 Å². The number of rotatable bonds is 7. The van der Waals surface area contributed by atoms with Crippen molar-refractivity contribution in [3.8, 4) is 0 Å². The van der Waals surface area contributed by atoms with E-state index in [4.69, 9.17) is 0 Å². The molecule has 0 bridgehead atoms. The number of hydrogen-bond donors (Lipinski definition) is 1. The zero-order chi connectivity index (χ0) is 16.9. The van der Waals surface area contributed by atoms with Crippen LogP contribution in [0.2, 0.25) is 0 Å². The standard InChI is InChI=1S/C16H20N2O3S2/c1-13-6-3-4-7-14(13)12-18(23(2,20)21)10-9-17-16(19)15-8-5-11-22-15/h3-8,11H,9-10,12H2,1-2H3,(H,17,19). The first kappa shape index (κ1) is 17.7. The van der Waals surface area contributed by atoms with E-state index in [1.165, 1.54) is 21.9 Å². The second-order valence-electron chi connectivity index (χ2n) is 5.26. The summed E-state index contributed by atoms with van der Waals surface area (Å²) >= 11 is 1.36. The van der Waals surface area contributed by atoms with Crippen molar-refractivity contribution in [2.75, 3.05) is 19.3 Å². The van der Waals surface area contributed by atoms with E-state index in [1.807, 2.05) is 36.6 Å². The van der Waals surface area contributed by atoms with E-state index < -0.39 is 10.0 Å². The lowest BCUT2D eigenvalue weighted by atomic mass is 10.1. The highest BCUT2D eigenvalue weighted by atomic mass is 32.2. The van der Waals surface area contributed by atoms with Crippen LogP contribution in [0.15, 0.2) is 41.8 Å². The fourth-order valence-corrected chi connectivity index (χ4v) is 3.57. The lowest BCUT2D eigenvalue weighted by Gasteiger charge is -2.21. The maximum absolute atomic E-state index is 12.0. The van der Waals surface area contributed by atoms with Crippen molar-refractivity contribution in [1.82, 2.24) is 9.62 Å². The lowest BCUT2D eigenvalue weighted by molar-refractivity contribution is 0.0955. The number of benzene rings is 1. The van der Waals surface area contributed by atoms with Gasteiger partial charge >= 0.3 is 0 Å². The molecular weight excluding hydrogens is 332 g/mol. The Morgan fingerprint density at radius 3 is 2.57 bits per heavy atom. The average Bonchev–Trinajstić information content (AvgIpc) is 3.01. The molecule has 5 nitrogen and oxygen atoms in total. The molecule has 1 aromatic heterocycles. The number of amides is 1. The van der Waals surface area contributed by atoms with Gasteiger partial charge in [-0.15, -0.1) is 11.3 Å². The number of nitrogens with one attached hydrogen (secondary N) is 1. The van der Waals surface area contributed by atoms with Crippen LogP contribution < -0.4 is 5.32 Å². The van der Waals surface area contributed by atoms with Gasteiger partial charge in [-0.05, 0) is 29.5 Å². The Hall–Kier alpha value is -1.70. The average molecular weight is 352 g/mol. The topological polar surface area (TPSA) is 66.5 Å². The van der Waals surface area contributed by atoms with Gasteiger partial charge in [-0.2, -0.15) is 4.31 Å². The summed E-state index contributed by atoms with van der Waals surface area (Å²) in [6.45, 7) is 2.77. The number of carbonyl (C=O) groups is 1. The molecule has 7 heteroatoms. The van der Waals surface area contributed by atoms with Crippen LogP contribution in [0.3, 0.4) is 0 Å². The van der Waals surface area contributed by atoms with Gasteiger partial charge in [0, 0.05) is 19.6 Å². The SMILES string of the molecule is Cc1ccccc1CN(CCNC(=O)c1cccs1)S(C)(=O)=O. The number of aryl methyl sites for hydroxylation is 1. The molecule has 1 aromatic carbocycles. The molecule has 0 saturated carbocycles. The largest absolute Gasteiger partial charge is 0.350 e. The van der Waals surface area contributed by atoms with Gasteiger partial charge in [-0.3, -0.25) is 4.79 Å². The van der Waals surface area contributed by atoms with Crippen molar-refractivity contribution in [2.45, 2.75) is 13.5 Å². The van der Waals surface area contributed by atoms with Crippen LogP contribution in [0.4, 0.5) is 0 Å². The van der Waals surface area contributed by atoms with Gasteiger partial charge in [0.1, 0.15) is 0 Å². The van der Waals surface area contributed by atoms with Crippen LogP contribution in [-0.2, 0) is 16.6 Å². The minimum absolute atomic E-state index is 0.177. The predicted octanol–water partition coefficient (Wildman–Crippen LogP) is 2.25. The van der Waals surface area contributed by atoms with Gasteiger partial charge in [-0.25, -0.2) is 8.42 Å². The monoisotopic (exact) mass is 352 g/mol. The first-order valence-electron chi connectivity index (χ1n) is 7.19. The molecule has 124 valence electrons. The molecule has 0 atom stereocenters. The highest BCUT2D eigenvalue weighted by Crippen LogP contribution is 2.12. The van der Waals surface area contributed by atoms with Crippen molar-refractivity contribution in [1.29, 1.82) is 0 Å². The van der Waals surface area contributed by atoms with Gasteiger partial charge in [0.05, 0.1) is 11.1 Å². The van der Waals surface area contributed by atoms with Gasteiger partial charge in [0.15, 0.2) is 0 Å². The molecule has 0 spiro atoms. The number of sulfonamides is 1. The summed E-state index contributed by atoms with van der Waals surface area (Å²) in [5, 5.41) is 4.58. The molecule has 1 heterocycles. The molecule has 0 aliphatic carbocycles. The minimum atomic E-state index is -3.35. The minimum Gasteiger partial charge on any atom is -0.350 e. The van der Waals surface area contributed by atoms with Crippen LogP contribution in [0.1, 0.15) is 20.8 Å². The van der Waals surface area contributed by atoms with Crippen LogP contribution in [0, 0.1) is 6.92 Å². The first-order valence-corrected chi connectivity index (χ1v) is 9.92. The van der Waals surface area contributed by atoms with Crippen molar-refractivity contribution in [3.05, 3.63) is 57.8 Å². The highest BCUT2D eigenvalue weighted by molar-refractivity contribution is 7.88. The maximum Gasteiger partial charge on any atom is 0.261 e. The van der Waals surface area contributed by atoms with Crippen molar-refractivity contribution < 1.29 is 13.2 Å². The Bertz CT molecular complexity index is 755. The van der Waals surface area contributed by atoms with Crippen molar-refractivity contribution >= 4 is 27.3 Å². The predicted molar refractivity (Wildman–Crippen MR) is 93.1 cm³/mol. The fourth-order valence-electron chi connectivity index (χ4n) is 2.13. The molecule has 0 saturated heterocycles. The quantitative estimate of drug-likeness (QED) is 0.831. The molecule has 0 aliphatic heterocycles. The van der Waals surface area contributed by atoms with Crippen molar-refractivity contribution in [3.63, 3.8) is 0 Å². The summed E-state index contributed by atoms with van der Waals surface area (Å²) in [7, 11) is -3.35. The Kier molecular flexibility index (Phi) is 5.92. The van der Waals surface area contributed by atoms with Crippen LogP contribution in [0.5, 0.6) is 0 Å². The zero-order valence-electron chi connectivity index (χ0n) is 13.2. The molecule has 0 unspecified atom stereocenters. The van der Waals surface area contributed by atoms with E-state index in [9.17, 15) is 13.2 Å². The highest BCUT2D eigenvalue weighted by Gasteiger charge is 2.18. The van der Waals surface area contributed by atoms with E-state index in [2.05, 4.69) is 5.32 Å². The third-order valence-electron chi connectivity index (χ3n) is 3.47. The molecule has 1 amide bonds. The molecule has 0 aliphatic rings. The van der Waals surface area contributed by atoms with Gasteiger partial charge < -0.3 is 5.32 Å². The van der Waals surface area contributed by atoms with Gasteiger partial charge in [0.2, 0.25) is 10.0 Å². The summed E-state index contributed by atoms with van der Waals surface area (Å²) in [5.74, 6) is -0.177. The Morgan fingerprint density at radius 1 is 1.22 bits per heavy atom. The number of nitrogens with zero attached hydrogens (tertiary/aromatic N) is 1. The summed E-state index contributed by atoms with van der Waals surface area (Å²) in [6.07, 6.45) is 1.19. The molecule has 23 heavy (non-hydrogen) atoms.